The summed E-state index contributed by atoms with van der Waals surface area (Å²) in [6, 6.07) is 9.08. The van der Waals surface area contributed by atoms with E-state index in [0.29, 0.717) is 36.0 Å². The molecule has 11 heteroatoms. The van der Waals surface area contributed by atoms with Crippen LogP contribution in [0.4, 0.5) is 21.1 Å². The molecule has 2 amide bonds. The van der Waals surface area contributed by atoms with E-state index in [1.807, 2.05) is 73.6 Å². The maximum absolute atomic E-state index is 13.7. The van der Waals surface area contributed by atoms with Crippen molar-refractivity contribution in [1.29, 1.82) is 0 Å². The highest BCUT2D eigenvalue weighted by atomic mass is 16.6. The van der Waals surface area contributed by atoms with E-state index in [-0.39, 0.29) is 24.7 Å². The molecule has 0 radical (unpaired) electrons. The molecule has 2 N–H and O–H groups in total. The Bertz CT molecular complexity index is 1500. The highest BCUT2D eigenvalue weighted by Crippen LogP contribution is 2.33. The molecule has 0 bridgehead atoms. The van der Waals surface area contributed by atoms with Gasteiger partial charge in [0.15, 0.2) is 5.65 Å². The number of amides is 2. The molecule has 2 aromatic heterocycles. The highest BCUT2D eigenvalue weighted by Gasteiger charge is 2.40. The third-order valence-corrected chi connectivity index (χ3v) is 7.36. The minimum absolute atomic E-state index is 0.116. The topological polar surface area (TPSA) is 125 Å². The molecule has 44 heavy (non-hydrogen) atoms. The number of hydrogen-bond acceptors (Lipinski definition) is 8. The second-order valence-electron chi connectivity index (χ2n) is 14.4. The summed E-state index contributed by atoms with van der Waals surface area (Å²) in [5.74, 6) is 0.878. The van der Waals surface area contributed by atoms with E-state index in [1.54, 1.807) is 27.7 Å². The fourth-order valence-electron chi connectivity index (χ4n) is 5.13. The summed E-state index contributed by atoms with van der Waals surface area (Å²) in [7, 11) is 0. The standard InChI is InChI=1S/C33H48N6O5/c1-21(2)25-18-35-39-27(37(29(40)43-31(3,4)5)19-22-12-11-13-23(34)16-22)17-26(36-28(25)39)42-24-14-15-33(9,10)38(20-24)30(41)44-32(6,7)8/h11-13,16-18,21,24H,14-15,19-20,34H2,1-10H3. The van der Waals surface area contributed by atoms with Crippen molar-refractivity contribution < 1.29 is 23.8 Å². The Morgan fingerprint density at radius 2 is 1.77 bits per heavy atom. The molecule has 1 unspecified atom stereocenters. The zero-order valence-electron chi connectivity index (χ0n) is 27.8. The van der Waals surface area contributed by atoms with E-state index in [9.17, 15) is 9.59 Å². The molecule has 240 valence electrons. The van der Waals surface area contributed by atoms with Gasteiger partial charge in [-0.05, 0) is 91.8 Å². The van der Waals surface area contributed by atoms with Gasteiger partial charge in [-0.1, -0.05) is 26.0 Å². The van der Waals surface area contributed by atoms with Gasteiger partial charge >= 0.3 is 12.2 Å². The Balaban J connectivity index is 1.76. The van der Waals surface area contributed by atoms with E-state index in [2.05, 4.69) is 18.9 Å². The summed E-state index contributed by atoms with van der Waals surface area (Å²) >= 11 is 0. The number of anilines is 2. The van der Waals surface area contributed by atoms with Crippen molar-refractivity contribution in [2.75, 3.05) is 17.2 Å². The minimum atomic E-state index is -0.732. The number of piperidine rings is 1. The number of hydrogen-bond donors (Lipinski definition) is 1. The Kier molecular flexibility index (Phi) is 9.09. The smallest absolute Gasteiger partial charge is 0.416 e. The number of nitrogen functional groups attached to an aromatic ring is 1. The first-order valence-electron chi connectivity index (χ1n) is 15.2. The summed E-state index contributed by atoms with van der Waals surface area (Å²) in [5, 5.41) is 4.63. The SMILES string of the molecule is CC(C)c1cnn2c(N(Cc3cccc(N)c3)C(=O)OC(C)(C)C)cc(OC3CCC(C)(C)N(C(=O)OC(C)(C)C)C3)nc12. The van der Waals surface area contributed by atoms with Crippen molar-refractivity contribution in [3.05, 3.63) is 47.7 Å². The van der Waals surface area contributed by atoms with Crippen molar-refractivity contribution in [2.24, 2.45) is 0 Å². The summed E-state index contributed by atoms with van der Waals surface area (Å²) in [6.07, 6.45) is 1.93. The van der Waals surface area contributed by atoms with Gasteiger partial charge in [0.25, 0.3) is 0 Å². The third kappa shape index (κ3) is 7.92. The Hall–Kier alpha value is -4.02. The normalized spacial score (nSPS) is 17.1. The number of nitrogens with two attached hydrogens (primary N) is 1. The molecular formula is C33H48N6O5. The summed E-state index contributed by atoms with van der Waals surface area (Å²) in [5.41, 5.74) is 7.22. The van der Waals surface area contributed by atoms with Crippen molar-refractivity contribution >= 4 is 29.3 Å². The molecule has 1 aromatic carbocycles. The lowest BCUT2D eigenvalue weighted by Crippen LogP contribution is -2.56. The third-order valence-electron chi connectivity index (χ3n) is 7.36. The van der Waals surface area contributed by atoms with E-state index in [4.69, 9.17) is 24.9 Å². The number of ether oxygens (including phenoxy) is 3. The molecule has 3 aromatic rings. The fraction of sp³-hybridized carbons (Fsp3) is 0.576. The zero-order chi connectivity index (χ0) is 32.6. The number of likely N-dealkylation sites (tertiary alicyclic amines) is 1. The zero-order valence-corrected chi connectivity index (χ0v) is 27.8. The number of benzene rings is 1. The predicted octanol–water partition coefficient (Wildman–Crippen LogP) is 6.93. The molecule has 0 aliphatic carbocycles. The molecule has 1 aliphatic rings. The molecule has 11 nitrogen and oxygen atoms in total. The number of carbonyl (C=O) groups excluding carboxylic acids is 2. The number of aromatic nitrogens is 3. The molecule has 0 saturated carbocycles. The van der Waals surface area contributed by atoms with Gasteiger partial charge in [-0.15, -0.1) is 0 Å². The van der Waals surface area contributed by atoms with Gasteiger partial charge < -0.3 is 19.9 Å². The van der Waals surface area contributed by atoms with Crippen LogP contribution in [0.25, 0.3) is 5.65 Å². The van der Waals surface area contributed by atoms with Crippen LogP contribution in [0.2, 0.25) is 0 Å². The van der Waals surface area contributed by atoms with Gasteiger partial charge in [-0.2, -0.15) is 14.6 Å². The van der Waals surface area contributed by atoms with Crippen LogP contribution in [0.15, 0.2) is 36.5 Å². The lowest BCUT2D eigenvalue weighted by atomic mass is 9.89. The van der Waals surface area contributed by atoms with Gasteiger partial charge in [-0.25, -0.2) is 9.59 Å². The summed E-state index contributed by atoms with van der Waals surface area (Å²) in [4.78, 5) is 35.0. The molecule has 4 rings (SSSR count). The highest BCUT2D eigenvalue weighted by molar-refractivity contribution is 5.87. The maximum Gasteiger partial charge on any atom is 0.416 e. The van der Waals surface area contributed by atoms with Crippen LogP contribution in [0.5, 0.6) is 5.88 Å². The first-order valence-corrected chi connectivity index (χ1v) is 15.2. The first-order chi connectivity index (χ1) is 20.3. The second kappa shape index (κ2) is 12.2. The van der Waals surface area contributed by atoms with E-state index >= 15 is 0 Å². The molecule has 1 aliphatic heterocycles. The average molecular weight is 609 g/mol. The van der Waals surface area contributed by atoms with Crippen LogP contribution in [-0.4, -0.2) is 61.1 Å². The molecule has 3 heterocycles. The van der Waals surface area contributed by atoms with Crippen LogP contribution in [-0.2, 0) is 16.0 Å². The molecule has 1 fully saturated rings. The van der Waals surface area contributed by atoms with E-state index in [0.717, 1.165) is 17.5 Å². The predicted molar refractivity (Wildman–Crippen MR) is 171 cm³/mol. The van der Waals surface area contributed by atoms with Crippen LogP contribution < -0.4 is 15.4 Å². The van der Waals surface area contributed by atoms with Crippen LogP contribution in [0.1, 0.15) is 99.1 Å². The average Bonchev–Trinajstić information content (AvgIpc) is 3.30. The monoisotopic (exact) mass is 608 g/mol. The van der Waals surface area contributed by atoms with Crippen molar-refractivity contribution in [2.45, 2.75) is 117 Å². The first kappa shape index (κ1) is 32.9. The molecule has 0 spiro atoms. The number of fused-ring (bicyclic) bond motifs is 1. The van der Waals surface area contributed by atoms with E-state index in [1.165, 1.54) is 4.90 Å². The van der Waals surface area contributed by atoms with Crippen LogP contribution >= 0.6 is 0 Å². The lowest BCUT2D eigenvalue weighted by molar-refractivity contribution is -0.0295. The number of nitrogens with zero attached hydrogens (tertiary/aromatic N) is 5. The van der Waals surface area contributed by atoms with Gasteiger partial charge in [-0.3, -0.25) is 9.80 Å². The Labute approximate surface area is 260 Å². The van der Waals surface area contributed by atoms with Crippen molar-refractivity contribution in [3.8, 4) is 5.88 Å². The number of rotatable bonds is 6. The Morgan fingerprint density at radius 1 is 1.09 bits per heavy atom. The van der Waals surface area contributed by atoms with Gasteiger partial charge in [0.1, 0.15) is 23.1 Å². The quantitative estimate of drug-likeness (QED) is 0.299. The number of carbonyl (C=O) groups is 2. The molecule has 1 atom stereocenters. The van der Waals surface area contributed by atoms with Gasteiger partial charge in [0.2, 0.25) is 5.88 Å². The Morgan fingerprint density at radius 3 is 2.39 bits per heavy atom. The van der Waals surface area contributed by atoms with Crippen LogP contribution in [0.3, 0.4) is 0 Å². The van der Waals surface area contributed by atoms with Gasteiger partial charge in [0, 0.05) is 22.9 Å². The summed E-state index contributed by atoms with van der Waals surface area (Å²) in [6.45, 7) is 19.7. The fourth-order valence-corrected chi connectivity index (χ4v) is 5.13. The van der Waals surface area contributed by atoms with Crippen molar-refractivity contribution in [3.63, 3.8) is 0 Å². The lowest BCUT2D eigenvalue weighted by Gasteiger charge is -2.45. The maximum atomic E-state index is 13.7. The van der Waals surface area contributed by atoms with Crippen LogP contribution in [0, 0.1) is 0 Å². The second-order valence-corrected chi connectivity index (χ2v) is 14.4. The molecule has 1 saturated heterocycles. The largest absolute Gasteiger partial charge is 0.472 e. The molecular weight excluding hydrogens is 560 g/mol. The summed E-state index contributed by atoms with van der Waals surface area (Å²) < 4.78 is 19.7. The minimum Gasteiger partial charge on any atom is -0.472 e. The van der Waals surface area contributed by atoms with Gasteiger partial charge in [0.05, 0.1) is 19.3 Å². The van der Waals surface area contributed by atoms with E-state index < -0.39 is 22.8 Å². The van der Waals surface area contributed by atoms with Crippen molar-refractivity contribution in [1.82, 2.24) is 19.5 Å².